The number of aromatic nitrogens is 2. The molecule has 1 aliphatic carbocycles. The van der Waals surface area contributed by atoms with Gasteiger partial charge in [-0.05, 0) is 25.8 Å². The quantitative estimate of drug-likeness (QED) is 0.752. The number of rotatable bonds is 7. The van der Waals surface area contributed by atoms with Crippen LogP contribution in [0.1, 0.15) is 50.2 Å². The van der Waals surface area contributed by atoms with E-state index >= 15 is 0 Å². The number of hydrogen-bond donors (Lipinski definition) is 1. The van der Waals surface area contributed by atoms with Crippen LogP contribution >= 0.6 is 0 Å². The van der Waals surface area contributed by atoms with E-state index in [1.165, 1.54) is 12.8 Å². The Morgan fingerprint density at radius 1 is 1.44 bits per heavy atom. The average Bonchev–Trinajstić information content (AvgIpc) is 2.98. The van der Waals surface area contributed by atoms with Gasteiger partial charge in [0.25, 0.3) is 0 Å². The first kappa shape index (κ1) is 13.5. The van der Waals surface area contributed by atoms with E-state index in [1.807, 2.05) is 0 Å². The van der Waals surface area contributed by atoms with Gasteiger partial charge in [0.05, 0.1) is 5.92 Å². The standard InChI is InChI=1S/C13H23N3O2/c1-3-14-11-7-4-6-10(11)13-15-12(16-18-13)8-5-9-17-2/h10-11,14H,3-9H2,1-2H3. The number of nitrogens with zero attached hydrogens (tertiary/aromatic N) is 2. The van der Waals surface area contributed by atoms with Gasteiger partial charge in [-0.15, -0.1) is 0 Å². The van der Waals surface area contributed by atoms with Gasteiger partial charge in [0.1, 0.15) is 0 Å². The Morgan fingerprint density at radius 3 is 3.11 bits per heavy atom. The Bertz CT molecular complexity index is 354. The highest BCUT2D eigenvalue weighted by Crippen LogP contribution is 2.33. The summed E-state index contributed by atoms with van der Waals surface area (Å²) >= 11 is 0. The zero-order chi connectivity index (χ0) is 12.8. The van der Waals surface area contributed by atoms with Crippen LogP contribution < -0.4 is 5.32 Å². The van der Waals surface area contributed by atoms with Gasteiger partial charge in [-0.25, -0.2) is 0 Å². The molecule has 5 nitrogen and oxygen atoms in total. The third-order valence-electron chi connectivity index (χ3n) is 3.53. The van der Waals surface area contributed by atoms with Crippen molar-refractivity contribution in [3.8, 4) is 0 Å². The SMILES string of the molecule is CCNC1CCCC1c1nc(CCCOC)no1. The van der Waals surface area contributed by atoms with Crippen LogP contribution in [-0.4, -0.2) is 36.4 Å². The van der Waals surface area contributed by atoms with Crippen molar-refractivity contribution in [3.63, 3.8) is 0 Å². The van der Waals surface area contributed by atoms with Crippen LogP contribution in [0, 0.1) is 0 Å². The first-order valence-electron chi connectivity index (χ1n) is 6.90. The minimum Gasteiger partial charge on any atom is -0.385 e. The molecule has 102 valence electrons. The van der Waals surface area contributed by atoms with Crippen molar-refractivity contribution in [1.82, 2.24) is 15.5 Å². The monoisotopic (exact) mass is 253 g/mol. The molecule has 0 aliphatic heterocycles. The van der Waals surface area contributed by atoms with Crippen LogP contribution in [0.3, 0.4) is 0 Å². The molecular formula is C13H23N3O2. The lowest BCUT2D eigenvalue weighted by molar-refractivity contribution is 0.194. The summed E-state index contributed by atoms with van der Waals surface area (Å²) in [7, 11) is 1.71. The van der Waals surface area contributed by atoms with E-state index in [-0.39, 0.29) is 0 Å². The van der Waals surface area contributed by atoms with Crippen molar-refractivity contribution in [2.24, 2.45) is 0 Å². The molecule has 1 aromatic rings. The molecule has 1 fully saturated rings. The molecule has 1 saturated carbocycles. The maximum absolute atomic E-state index is 5.41. The summed E-state index contributed by atoms with van der Waals surface area (Å²) in [5.41, 5.74) is 0. The van der Waals surface area contributed by atoms with Crippen molar-refractivity contribution in [3.05, 3.63) is 11.7 Å². The van der Waals surface area contributed by atoms with Crippen LogP contribution in [0.25, 0.3) is 0 Å². The first-order valence-corrected chi connectivity index (χ1v) is 6.90. The lowest BCUT2D eigenvalue weighted by Gasteiger charge is -2.16. The molecule has 2 atom stereocenters. The second-order valence-corrected chi connectivity index (χ2v) is 4.85. The minimum absolute atomic E-state index is 0.397. The summed E-state index contributed by atoms with van der Waals surface area (Å²) in [6.45, 7) is 3.88. The number of aryl methyl sites for hydroxylation is 1. The van der Waals surface area contributed by atoms with E-state index in [4.69, 9.17) is 9.26 Å². The summed E-state index contributed by atoms with van der Waals surface area (Å²) in [6, 6.07) is 0.502. The highest BCUT2D eigenvalue weighted by Gasteiger charge is 2.32. The summed E-state index contributed by atoms with van der Waals surface area (Å²) in [5, 5.41) is 7.56. The van der Waals surface area contributed by atoms with Crippen LogP contribution in [0.5, 0.6) is 0 Å². The zero-order valence-corrected chi connectivity index (χ0v) is 11.3. The Morgan fingerprint density at radius 2 is 2.33 bits per heavy atom. The highest BCUT2D eigenvalue weighted by molar-refractivity contribution is 5.03. The number of likely N-dealkylation sites (N-methyl/N-ethyl adjacent to an activating group) is 1. The predicted molar refractivity (Wildman–Crippen MR) is 68.6 cm³/mol. The Labute approximate surface area is 108 Å². The maximum Gasteiger partial charge on any atom is 0.231 e. The van der Waals surface area contributed by atoms with Gasteiger partial charge < -0.3 is 14.6 Å². The normalized spacial score (nSPS) is 23.7. The molecule has 0 saturated heterocycles. The molecule has 5 heteroatoms. The number of hydrogen-bond acceptors (Lipinski definition) is 5. The van der Waals surface area contributed by atoms with E-state index in [0.717, 1.165) is 44.1 Å². The highest BCUT2D eigenvalue weighted by atomic mass is 16.5. The topological polar surface area (TPSA) is 60.2 Å². The van der Waals surface area contributed by atoms with E-state index in [2.05, 4.69) is 22.4 Å². The molecule has 1 aliphatic rings. The predicted octanol–water partition coefficient (Wildman–Crippen LogP) is 1.89. The Hall–Kier alpha value is -0.940. The number of ether oxygens (including phenoxy) is 1. The fraction of sp³-hybridized carbons (Fsp3) is 0.846. The minimum atomic E-state index is 0.397. The fourth-order valence-corrected chi connectivity index (χ4v) is 2.66. The largest absolute Gasteiger partial charge is 0.385 e. The van der Waals surface area contributed by atoms with Crippen LogP contribution in [0.2, 0.25) is 0 Å². The van der Waals surface area contributed by atoms with Gasteiger partial charge in [0.15, 0.2) is 5.82 Å². The first-order chi connectivity index (χ1) is 8.85. The Balaban J connectivity index is 1.92. The maximum atomic E-state index is 5.41. The molecule has 0 radical (unpaired) electrons. The summed E-state index contributed by atoms with van der Waals surface area (Å²) in [4.78, 5) is 4.52. The second kappa shape index (κ2) is 6.85. The Kier molecular flexibility index (Phi) is 5.13. The molecular weight excluding hydrogens is 230 g/mol. The van der Waals surface area contributed by atoms with Crippen molar-refractivity contribution >= 4 is 0 Å². The van der Waals surface area contributed by atoms with Gasteiger partial charge in [0.2, 0.25) is 5.89 Å². The molecule has 0 aromatic carbocycles. The number of methoxy groups -OCH3 is 1. The summed E-state index contributed by atoms with van der Waals surface area (Å²) < 4.78 is 10.4. The van der Waals surface area contributed by atoms with Crippen LogP contribution in [0.4, 0.5) is 0 Å². The van der Waals surface area contributed by atoms with Crippen molar-refractivity contribution < 1.29 is 9.26 Å². The van der Waals surface area contributed by atoms with Gasteiger partial charge in [-0.1, -0.05) is 18.5 Å². The molecule has 2 rings (SSSR count). The zero-order valence-electron chi connectivity index (χ0n) is 11.3. The molecule has 0 amide bonds. The molecule has 0 spiro atoms. The van der Waals surface area contributed by atoms with Gasteiger partial charge in [-0.3, -0.25) is 0 Å². The lowest BCUT2D eigenvalue weighted by Crippen LogP contribution is -2.31. The van der Waals surface area contributed by atoms with E-state index in [0.29, 0.717) is 12.0 Å². The van der Waals surface area contributed by atoms with Crippen LogP contribution in [-0.2, 0) is 11.2 Å². The summed E-state index contributed by atoms with van der Waals surface area (Å²) in [5.74, 6) is 2.02. The molecule has 1 N–H and O–H groups in total. The lowest BCUT2D eigenvalue weighted by atomic mass is 10.0. The molecule has 2 unspecified atom stereocenters. The smallest absolute Gasteiger partial charge is 0.231 e. The van der Waals surface area contributed by atoms with E-state index in [1.54, 1.807) is 7.11 Å². The van der Waals surface area contributed by atoms with Crippen molar-refractivity contribution in [1.29, 1.82) is 0 Å². The fourth-order valence-electron chi connectivity index (χ4n) is 2.66. The molecule has 18 heavy (non-hydrogen) atoms. The molecule has 0 bridgehead atoms. The third kappa shape index (κ3) is 3.29. The van der Waals surface area contributed by atoms with Gasteiger partial charge in [-0.2, -0.15) is 4.98 Å². The molecule has 1 aromatic heterocycles. The van der Waals surface area contributed by atoms with E-state index < -0.39 is 0 Å². The summed E-state index contributed by atoms with van der Waals surface area (Å²) in [6.07, 6.45) is 5.37. The molecule has 1 heterocycles. The average molecular weight is 253 g/mol. The van der Waals surface area contributed by atoms with Crippen molar-refractivity contribution in [2.45, 2.75) is 51.0 Å². The van der Waals surface area contributed by atoms with E-state index in [9.17, 15) is 0 Å². The second-order valence-electron chi connectivity index (χ2n) is 4.85. The van der Waals surface area contributed by atoms with Crippen LogP contribution in [0.15, 0.2) is 4.52 Å². The third-order valence-corrected chi connectivity index (χ3v) is 3.53. The number of nitrogens with one attached hydrogen (secondary N) is 1. The van der Waals surface area contributed by atoms with Gasteiger partial charge >= 0.3 is 0 Å². The van der Waals surface area contributed by atoms with Crippen molar-refractivity contribution in [2.75, 3.05) is 20.3 Å². The van der Waals surface area contributed by atoms with Gasteiger partial charge in [0, 0.05) is 26.2 Å².